The zero-order chi connectivity index (χ0) is 11.3. The van der Waals surface area contributed by atoms with E-state index in [1.54, 1.807) is 26.4 Å². The van der Waals surface area contributed by atoms with Crippen LogP contribution in [0.1, 0.15) is 5.56 Å². The standard InChI is InChI=1S/C11H11BrO3/c1-14-8-6-10(12)9(4-3-5-13)11(7-8)15-2/h3-7H,1-2H3/b4-3+. The molecular weight excluding hydrogens is 260 g/mol. The smallest absolute Gasteiger partial charge is 0.142 e. The zero-order valence-corrected chi connectivity index (χ0v) is 10.1. The van der Waals surface area contributed by atoms with Crippen LogP contribution < -0.4 is 9.47 Å². The van der Waals surface area contributed by atoms with Gasteiger partial charge < -0.3 is 9.47 Å². The Morgan fingerprint density at radius 1 is 1.27 bits per heavy atom. The maximum atomic E-state index is 10.2. The average Bonchev–Trinajstić information content (AvgIpc) is 2.26. The van der Waals surface area contributed by atoms with Crippen LogP contribution in [0.4, 0.5) is 0 Å². The topological polar surface area (TPSA) is 35.5 Å². The number of hydrogen-bond acceptors (Lipinski definition) is 3. The van der Waals surface area contributed by atoms with Crippen molar-refractivity contribution in [1.29, 1.82) is 0 Å². The number of allylic oxidation sites excluding steroid dienone is 1. The van der Waals surface area contributed by atoms with E-state index in [-0.39, 0.29) is 0 Å². The molecule has 80 valence electrons. The minimum absolute atomic E-state index is 0.652. The summed E-state index contributed by atoms with van der Waals surface area (Å²) in [6.45, 7) is 0. The first kappa shape index (κ1) is 11.8. The molecule has 1 rings (SSSR count). The minimum Gasteiger partial charge on any atom is -0.497 e. The largest absolute Gasteiger partial charge is 0.497 e. The van der Waals surface area contributed by atoms with Gasteiger partial charge in [0.05, 0.1) is 14.2 Å². The lowest BCUT2D eigenvalue weighted by Gasteiger charge is -2.09. The first-order chi connectivity index (χ1) is 7.22. The molecule has 1 aromatic carbocycles. The van der Waals surface area contributed by atoms with Crippen LogP contribution in [0.25, 0.3) is 6.08 Å². The quantitative estimate of drug-likeness (QED) is 0.624. The van der Waals surface area contributed by atoms with Crippen molar-refractivity contribution in [3.05, 3.63) is 28.2 Å². The molecule has 0 saturated heterocycles. The summed E-state index contributed by atoms with van der Waals surface area (Å²) in [4.78, 5) is 10.2. The van der Waals surface area contributed by atoms with Gasteiger partial charge >= 0.3 is 0 Å². The molecule has 15 heavy (non-hydrogen) atoms. The summed E-state index contributed by atoms with van der Waals surface area (Å²) in [7, 11) is 3.15. The summed E-state index contributed by atoms with van der Waals surface area (Å²) in [5.41, 5.74) is 0.811. The molecule has 3 nitrogen and oxygen atoms in total. The third-order valence-electron chi connectivity index (χ3n) is 1.86. The Bertz CT molecular complexity index is 386. The fraction of sp³-hybridized carbons (Fsp3) is 0.182. The van der Waals surface area contributed by atoms with Crippen LogP contribution >= 0.6 is 15.9 Å². The number of ether oxygens (including phenoxy) is 2. The Balaban J connectivity index is 3.24. The van der Waals surface area contributed by atoms with E-state index in [0.29, 0.717) is 11.5 Å². The molecule has 0 spiro atoms. The van der Waals surface area contributed by atoms with Crippen LogP contribution in [0.15, 0.2) is 22.7 Å². The van der Waals surface area contributed by atoms with Gasteiger partial charge in [-0.2, -0.15) is 0 Å². The van der Waals surface area contributed by atoms with E-state index in [9.17, 15) is 4.79 Å². The lowest BCUT2D eigenvalue weighted by atomic mass is 10.2. The highest BCUT2D eigenvalue weighted by molar-refractivity contribution is 9.10. The highest BCUT2D eigenvalue weighted by atomic mass is 79.9. The second-order valence-corrected chi connectivity index (χ2v) is 3.57. The summed E-state index contributed by atoms with van der Waals surface area (Å²) in [5, 5.41) is 0. The number of aldehydes is 1. The van der Waals surface area contributed by atoms with Crippen molar-refractivity contribution < 1.29 is 14.3 Å². The summed E-state index contributed by atoms with van der Waals surface area (Å²) in [5.74, 6) is 1.35. The molecule has 0 aliphatic rings. The van der Waals surface area contributed by atoms with Crippen molar-refractivity contribution in [3.8, 4) is 11.5 Å². The molecule has 0 unspecified atom stereocenters. The van der Waals surface area contributed by atoms with Gasteiger partial charge in [-0.1, -0.05) is 0 Å². The maximum absolute atomic E-state index is 10.2. The molecule has 0 heterocycles. The Hall–Kier alpha value is -1.29. The van der Waals surface area contributed by atoms with E-state index < -0.39 is 0 Å². The third-order valence-corrected chi connectivity index (χ3v) is 2.52. The van der Waals surface area contributed by atoms with Crippen molar-refractivity contribution in [3.63, 3.8) is 0 Å². The number of carbonyl (C=O) groups excluding carboxylic acids is 1. The van der Waals surface area contributed by atoms with E-state index in [1.807, 2.05) is 6.07 Å². The van der Waals surface area contributed by atoms with Gasteiger partial charge in [0.1, 0.15) is 17.8 Å². The van der Waals surface area contributed by atoms with Gasteiger partial charge in [-0.25, -0.2) is 0 Å². The number of benzene rings is 1. The molecule has 0 N–H and O–H groups in total. The lowest BCUT2D eigenvalue weighted by Crippen LogP contribution is -1.91. The summed E-state index contributed by atoms with van der Waals surface area (Å²) >= 11 is 3.38. The van der Waals surface area contributed by atoms with Gasteiger partial charge in [0.15, 0.2) is 0 Å². The Labute approximate surface area is 96.8 Å². The predicted molar refractivity (Wildman–Crippen MR) is 62.3 cm³/mol. The lowest BCUT2D eigenvalue weighted by molar-refractivity contribution is -0.104. The second kappa shape index (κ2) is 5.56. The molecular formula is C11H11BrO3. The van der Waals surface area contributed by atoms with Crippen LogP contribution in [0.2, 0.25) is 0 Å². The van der Waals surface area contributed by atoms with Gasteiger partial charge in [0, 0.05) is 16.1 Å². The van der Waals surface area contributed by atoms with Crippen LogP contribution in [0.5, 0.6) is 11.5 Å². The molecule has 0 saturated carbocycles. The van der Waals surface area contributed by atoms with Crippen molar-refractivity contribution in [2.45, 2.75) is 0 Å². The molecule has 4 heteroatoms. The van der Waals surface area contributed by atoms with Crippen molar-refractivity contribution in [2.24, 2.45) is 0 Å². The van der Waals surface area contributed by atoms with Crippen LogP contribution in [0, 0.1) is 0 Å². The zero-order valence-electron chi connectivity index (χ0n) is 8.49. The number of methoxy groups -OCH3 is 2. The SMILES string of the molecule is COc1cc(Br)c(/C=C/C=O)c(OC)c1. The van der Waals surface area contributed by atoms with E-state index in [0.717, 1.165) is 16.3 Å². The van der Waals surface area contributed by atoms with Crippen molar-refractivity contribution in [2.75, 3.05) is 14.2 Å². The molecule has 0 fully saturated rings. The van der Waals surface area contributed by atoms with E-state index in [4.69, 9.17) is 9.47 Å². The molecule has 0 radical (unpaired) electrons. The van der Waals surface area contributed by atoms with Crippen molar-refractivity contribution >= 4 is 28.3 Å². The molecule has 0 bridgehead atoms. The first-order valence-electron chi connectivity index (χ1n) is 4.26. The van der Waals surface area contributed by atoms with Crippen LogP contribution in [-0.4, -0.2) is 20.5 Å². The predicted octanol–water partition coefficient (Wildman–Crippen LogP) is 2.68. The Morgan fingerprint density at radius 3 is 2.53 bits per heavy atom. The van der Waals surface area contributed by atoms with Crippen LogP contribution in [0.3, 0.4) is 0 Å². The number of halogens is 1. The summed E-state index contributed by atoms with van der Waals surface area (Å²) in [6.07, 6.45) is 3.81. The van der Waals surface area contributed by atoms with E-state index in [2.05, 4.69) is 15.9 Å². The summed E-state index contributed by atoms with van der Waals surface area (Å²) in [6, 6.07) is 3.57. The maximum Gasteiger partial charge on any atom is 0.142 e. The minimum atomic E-state index is 0.652. The molecule has 0 aliphatic heterocycles. The molecule has 1 aromatic rings. The Morgan fingerprint density at radius 2 is 2.00 bits per heavy atom. The molecule has 0 atom stereocenters. The molecule has 0 aliphatic carbocycles. The normalized spacial score (nSPS) is 10.3. The van der Waals surface area contributed by atoms with E-state index >= 15 is 0 Å². The number of rotatable bonds is 4. The third kappa shape index (κ3) is 2.83. The van der Waals surface area contributed by atoms with Gasteiger partial charge in [-0.3, -0.25) is 4.79 Å². The Kier molecular flexibility index (Phi) is 4.37. The average molecular weight is 271 g/mol. The fourth-order valence-corrected chi connectivity index (χ4v) is 1.71. The van der Waals surface area contributed by atoms with Gasteiger partial charge in [-0.05, 0) is 34.1 Å². The van der Waals surface area contributed by atoms with Crippen LogP contribution in [-0.2, 0) is 4.79 Å². The number of hydrogen-bond donors (Lipinski definition) is 0. The first-order valence-corrected chi connectivity index (χ1v) is 5.05. The highest BCUT2D eigenvalue weighted by Crippen LogP contribution is 2.33. The van der Waals surface area contributed by atoms with Gasteiger partial charge in [-0.15, -0.1) is 0 Å². The highest BCUT2D eigenvalue weighted by Gasteiger charge is 2.07. The monoisotopic (exact) mass is 270 g/mol. The summed E-state index contributed by atoms with van der Waals surface area (Å²) < 4.78 is 11.1. The fourth-order valence-electron chi connectivity index (χ4n) is 1.15. The van der Waals surface area contributed by atoms with Crippen molar-refractivity contribution in [1.82, 2.24) is 0 Å². The van der Waals surface area contributed by atoms with Gasteiger partial charge in [0.2, 0.25) is 0 Å². The van der Waals surface area contributed by atoms with E-state index in [1.165, 1.54) is 6.08 Å². The second-order valence-electron chi connectivity index (χ2n) is 2.72. The van der Waals surface area contributed by atoms with Gasteiger partial charge in [0.25, 0.3) is 0 Å². The molecule has 0 aromatic heterocycles. The molecule has 0 amide bonds. The number of carbonyl (C=O) groups is 1.